The number of piperidine rings is 1. The van der Waals surface area contributed by atoms with Gasteiger partial charge in [0.25, 0.3) is 0 Å². The minimum Gasteiger partial charge on any atom is -0.355 e. The van der Waals surface area contributed by atoms with Gasteiger partial charge in [-0.05, 0) is 38.1 Å². The Hall–Kier alpha value is -0.220. The summed E-state index contributed by atoms with van der Waals surface area (Å²) in [5.74, 6) is 1.45. The van der Waals surface area contributed by atoms with Gasteiger partial charge in [0.05, 0.1) is 5.75 Å². The van der Waals surface area contributed by atoms with Gasteiger partial charge in [-0.3, -0.25) is 4.79 Å². The van der Waals surface area contributed by atoms with Gasteiger partial charge in [0, 0.05) is 6.54 Å². The maximum Gasteiger partial charge on any atom is 0.229 e. The number of nitrogens with one attached hydrogen (secondary N) is 2. The molecule has 1 saturated heterocycles. The van der Waals surface area contributed by atoms with Crippen molar-refractivity contribution in [3.63, 3.8) is 0 Å². The number of thioether (sulfide) groups is 1. The molecule has 0 radical (unpaired) electrons. The van der Waals surface area contributed by atoms with E-state index in [2.05, 4.69) is 10.6 Å². The van der Waals surface area contributed by atoms with Crippen molar-refractivity contribution in [2.45, 2.75) is 12.8 Å². The topological polar surface area (TPSA) is 41.1 Å². The predicted octanol–water partition coefficient (Wildman–Crippen LogP) is 0.465. The number of rotatable bonds is 4. The highest BCUT2D eigenvalue weighted by molar-refractivity contribution is 7.99. The number of hydrogen-bond acceptors (Lipinski definition) is 3. The van der Waals surface area contributed by atoms with Crippen molar-refractivity contribution in [3.8, 4) is 0 Å². The molecule has 1 aliphatic heterocycles. The van der Waals surface area contributed by atoms with E-state index in [-0.39, 0.29) is 5.91 Å². The average Bonchev–Trinajstić information content (AvgIpc) is 2.17. The van der Waals surface area contributed by atoms with Crippen LogP contribution >= 0.6 is 11.8 Å². The van der Waals surface area contributed by atoms with Gasteiger partial charge in [0.1, 0.15) is 0 Å². The summed E-state index contributed by atoms with van der Waals surface area (Å²) in [6.45, 7) is 3.06. The summed E-state index contributed by atoms with van der Waals surface area (Å²) in [6.07, 6.45) is 4.34. The molecule has 1 rings (SSSR count). The molecule has 0 atom stereocenters. The second kappa shape index (κ2) is 6.27. The Morgan fingerprint density at radius 1 is 1.54 bits per heavy atom. The SMILES string of the molecule is CSCC(=O)NCC1CCNCC1. The van der Waals surface area contributed by atoms with E-state index >= 15 is 0 Å². The lowest BCUT2D eigenvalue weighted by atomic mass is 9.98. The third-order valence-corrected chi connectivity index (χ3v) is 2.87. The van der Waals surface area contributed by atoms with Crippen LogP contribution in [0.3, 0.4) is 0 Å². The van der Waals surface area contributed by atoms with Gasteiger partial charge >= 0.3 is 0 Å². The van der Waals surface area contributed by atoms with Crippen LogP contribution in [0.15, 0.2) is 0 Å². The first-order chi connectivity index (χ1) is 6.33. The Labute approximate surface area is 84.0 Å². The predicted molar refractivity (Wildman–Crippen MR) is 57.0 cm³/mol. The molecule has 0 saturated carbocycles. The molecule has 0 spiro atoms. The summed E-state index contributed by atoms with van der Waals surface area (Å²) in [5, 5.41) is 6.28. The van der Waals surface area contributed by atoms with E-state index < -0.39 is 0 Å². The fraction of sp³-hybridized carbons (Fsp3) is 0.889. The van der Waals surface area contributed by atoms with E-state index in [9.17, 15) is 4.79 Å². The van der Waals surface area contributed by atoms with Crippen molar-refractivity contribution in [1.82, 2.24) is 10.6 Å². The highest BCUT2D eigenvalue weighted by Gasteiger charge is 2.13. The Bertz CT molecular complexity index is 158. The molecule has 0 aromatic carbocycles. The number of hydrogen-bond donors (Lipinski definition) is 2. The lowest BCUT2D eigenvalue weighted by molar-refractivity contribution is -0.118. The van der Waals surface area contributed by atoms with Crippen molar-refractivity contribution < 1.29 is 4.79 Å². The normalized spacial score (nSPS) is 18.5. The van der Waals surface area contributed by atoms with Crippen LogP contribution < -0.4 is 10.6 Å². The largest absolute Gasteiger partial charge is 0.355 e. The Morgan fingerprint density at radius 2 is 2.23 bits per heavy atom. The molecule has 0 unspecified atom stereocenters. The first-order valence-electron chi connectivity index (χ1n) is 4.79. The van der Waals surface area contributed by atoms with Crippen molar-refractivity contribution >= 4 is 17.7 Å². The van der Waals surface area contributed by atoms with E-state index in [1.54, 1.807) is 11.8 Å². The van der Waals surface area contributed by atoms with Crippen LogP contribution in [0.2, 0.25) is 0 Å². The molecule has 1 aliphatic rings. The Balaban J connectivity index is 2.06. The maximum atomic E-state index is 11.1. The molecule has 1 fully saturated rings. The van der Waals surface area contributed by atoms with Gasteiger partial charge in [-0.15, -0.1) is 0 Å². The third kappa shape index (κ3) is 4.52. The lowest BCUT2D eigenvalue weighted by Gasteiger charge is -2.22. The second-order valence-electron chi connectivity index (χ2n) is 3.43. The first-order valence-corrected chi connectivity index (χ1v) is 6.18. The fourth-order valence-electron chi connectivity index (χ4n) is 1.53. The van der Waals surface area contributed by atoms with Crippen LogP contribution in [-0.4, -0.2) is 37.6 Å². The zero-order valence-electron chi connectivity index (χ0n) is 8.14. The summed E-state index contributed by atoms with van der Waals surface area (Å²) in [5.41, 5.74) is 0. The zero-order valence-corrected chi connectivity index (χ0v) is 8.95. The Morgan fingerprint density at radius 3 is 2.85 bits per heavy atom. The van der Waals surface area contributed by atoms with Gasteiger partial charge in [0.15, 0.2) is 0 Å². The van der Waals surface area contributed by atoms with Crippen molar-refractivity contribution in [2.75, 3.05) is 31.6 Å². The standard InChI is InChI=1S/C9H18N2OS/c1-13-7-9(12)11-6-8-2-4-10-5-3-8/h8,10H,2-7H2,1H3,(H,11,12). The maximum absolute atomic E-state index is 11.1. The summed E-state index contributed by atoms with van der Waals surface area (Å²) >= 11 is 1.57. The molecule has 1 heterocycles. The summed E-state index contributed by atoms with van der Waals surface area (Å²) in [7, 11) is 0. The Kier molecular flexibility index (Phi) is 5.23. The van der Waals surface area contributed by atoms with Gasteiger partial charge in [-0.25, -0.2) is 0 Å². The monoisotopic (exact) mass is 202 g/mol. The minimum atomic E-state index is 0.172. The molecular formula is C9H18N2OS. The number of amides is 1. The van der Waals surface area contributed by atoms with Crippen LogP contribution in [-0.2, 0) is 4.79 Å². The van der Waals surface area contributed by atoms with E-state index in [1.807, 2.05) is 6.26 Å². The molecule has 76 valence electrons. The highest BCUT2D eigenvalue weighted by atomic mass is 32.2. The van der Waals surface area contributed by atoms with Gasteiger partial charge < -0.3 is 10.6 Å². The molecule has 3 nitrogen and oxygen atoms in total. The van der Waals surface area contributed by atoms with Crippen LogP contribution in [0.1, 0.15) is 12.8 Å². The third-order valence-electron chi connectivity index (χ3n) is 2.32. The molecule has 0 bridgehead atoms. The van der Waals surface area contributed by atoms with Crippen LogP contribution in [0.5, 0.6) is 0 Å². The summed E-state index contributed by atoms with van der Waals surface area (Å²) in [6, 6.07) is 0. The van der Waals surface area contributed by atoms with Crippen molar-refractivity contribution in [2.24, 2.45) is 5.92 Å². The highest BCUT2D eigenvalue weighted by Crippen LogP contribution is 2.09. The smallest absolute Gasteiger partial charge is 0.229 e. The van der Waals surface area contributed by atoms with Crippen LogP contribution in [0.4, 0.5) is 0 Å². The minimum absolute atomic E-state index is 0.172. The van der Waals surface area contributed by atoms with Gasteiger partial charge in [0.2, 0.25) is 5.91 Å². The van der Waals surface area contributed by atoms with Crippen molar-refractivity contribution in [3.05, 3.63) is 0 Å². The van der Waals surface area contributed by atoms with Gasteiger partial charge in [-0.2, -0.15) is 11.8 Å². The molecule has 13 heavy (non-hydrogen) atoms. The molecular weight excluding hydrogens is 184 g/mol. The first kappa shape index (κ1) is 10.9. The van der Waals surface area contributed by atoms with Crippen LogP contribution in [0, 0.1) is 5.92 Å². The van der Waals surface area contributed by atoms with E-state index in [1.165, 1.54) is 12.8 Å². The van der Waals surface area contributed by atoms with E-state index in [0.29, 0.717) is 11.7 Å². The molecule has 4 heteroatoms. The summed E-state index contributed by atoms with van der Waals surface area (Å²) < 4.78 is 0. The number of carbonyl (C=O) groups is 1. The van der Waals surface area contributed by atoms with E-state index in [0.717, 1.165) is 19.6 Å². The zero-order chi connectivity index (χ0) is 9.52. The van der Waals surface area contributed by atoms with Gasteiger partial charge in [-0.1, -0.05) is 0 Å². The number of carbonyl (C=O) groups excluding carboxylic acids is 1. The summed E-state index contributed by atoms with van der Waals surface area (Å²) in [4.78, 5) is 11.1. The molecule has 2 N–H and O–H groups in total. The fourth-order valence-corrected chi connectivity index (χ4v) is 1.89. The van der Waals surface area contributed by atoms with E-state index in [4.69, 9.17) is 0 Å². The molecule has 0 aromatic rings. The lowest BCUT2D eigenvalue weighted by Crippen LogP contribution is -2.36. The molecule has 1 amide bonds. The van der Waals surface area contributed by atoms with Crippen molar-refractivity contribution in [1.29, 1.82) is 0 Å². The molecule has 0 aliphatic carbocycles. The molecule has 0 aromatic heterocycles. The quantitative estimate of drug-likeness (QED) is 0.696. The van der Waals surface area contributed by atoms with Crippen LogP contribution in [0.25, 0.3) is 0 Å². The average molecular weight is 202 g/mol. The second-order valence-corrected chi connectivity index (χ2v) is 4.30.